The van der Waals surface area contributed by atoms with Crippen LogP contribution < -0.4 is 0 Å². The van der Waals surface area contributed by atoms with Crippen LogP contribution in [0.5, 0.6) is 0 Å². The molecular formula is C37H70O6. The number of carbonyl (C=O) groups is 3. The summed E-state index contributed by atoms with van der Waals surface area (Å²) >= 11 is 0. The van der Waals surface area contributed by atoms with E-state index in [2.05, 4.69) is 20.8 Å². The van der Waals surface area contributed by atoms with Gasteiger partial charge in [0.2, 0.25) is 0 Å². The van der Waals surface area contributed by atoms with Gasteiger partial charge in [-0.15, -0.1) is 0 Å². The quantitative estimate of drug-likeness (QED) is 0.0503. The van der Waals surface area contributed by atoms with Gasteiger partial charge in [-0.25, -0.2) is 4.79 Å². The molecule has 0 fully saturated rings. The molecule has 3 N–H and O–H groups in total. The molecule has 0 bridgehead atoms. The molecule has 254 valence electrons. The molecule has 0 aliphatic carbocycles. The van der Waals surface area contributed by atoms with E-state index in [1.54, 1.807) is 0 Å². The van der Waals surface area contributed by atoms with E-state index < -0.39 is 29.2 Å². The first-order chi connectivity index (χ1) is 20.7. The van der Waals surface area contributed by atoms with E-state index in [4.69, 9.17) is 0 Å². The third-order valence-electron chi connectivity index (χ3n) is 9.29. The van der Waals surface area contributed by atoms with E-state index in [-0.39, 0.29) is 12.8 Å². The summed E-state index contributed by atoms with van der Waals surface area (Å²) in [6.45, 7) is 6.60. The summed E-state index contributed by atoms with van der Waals surface area (Å²) in [7, 11) is 0. The van der Waals surface area contributed by atoms with Crippen molar-refractivity contribution >= 4 is 17.5 Å². The van der Waals surface area contributed by atoms with Crippen LogP contribution >= 0.6 is 0 Å². The topological polar surface area (TPSA) is 112 Å². The zero-order chi connectivity index (χ0) is 32.2. The second kappa shape index (κ2) is 28.2. The van der Waals surface area contributed by atoms with Crippen molar-refractivity contribution in [2.45, 2.75) is 212 Å². The number of hydrogen-bond acceptors (Lipinski definition) is 5. The van der Waals surface area contributed by atoms with Gasteiger partial charge < -0.3 is 15.3 Å². The number of unbranched alkanes of at least 4 members (excludes halogenated alkanes) is 20. The molecule has 0 amide bonds. The first kappa shape index (κ1) is 41.7. The normalized spacial score (nSPS) is 14.3. The van der Waals surface area contributed by atoms with Crippen molar-refractivity contribution in [1.29, 1.82) is 0 Å². The Balaban J connectivity index is 4.24. The van der Waals surface area contributed by atoms with Gasteiger partial charge >= 0.3 is 5.97 Å². The van der Waals surface area contributed by atoms with Crippen LogP contribution in [0.25, 0.3) is 0 Å². The van der Waals surface area contributed by atoms with Crippen molar-refractivity contribution in [2.75, 3.05) is 0 Å². The van der Waals surface area contributed by atoms with E-state index in [0.29, 0.717) is 18.8 Å². The Labute approximate surface area is 265 Å². The highest BCUT2D eigenvalue weighted by Crippen LogP contribution is 2.24. The molecule has 0 aromatic rings. The van der Waals surface area contributed by atoms with Crippen LogP contribution in [-0.4, -0.2) is 44.6 Å². The maximum Gasteiger partial charge on any atom is 0.346 e. The number of aliphatic hydroxyl groups excluding tert-OH is 1. The third kappa shape index (κ3) is 20.4. The third-order valence-corrected chi connectivity index (χ3v) is 9.29. The van der Waals surface area contributed by atoms with Crippen molar-refractivity contribution in [2.24, 2.45) is 5.92 Å². The molecule has 0 aromatic carbocycles. The molecule has 0 heterocycles. The number of carbonyl (C=O) groups excluding carboxylic acids is 2. The minimum absolute atomic E-state index is 0.0293. The Morgan fingerprint density at radius 1 is 0.535 bits per heavy atom. The van der Waals surface area contributed by atoms with Gasteiger partial charge in [-0.3, -0.25) is 9.59 Å². The molecule has 0 aliphatic heterocycles. The van der Waals surface area contributed by atoms with E-state index in [1.807, 2.05) is 0 Å². The summed E-state index contributed by atoms with van der Waals surface area (Å²) in [6.07, 6.45) is 27.5. The zero-order valence-corrected chi connectivity index (χ0v) is 28.5. The van der Waals surface area contributed by atoms with E-state index >= 15 is 0 Å². The molecule has 0 aliphatic rings. The maximum absolute atomic E-state index is 12.8. The number of Topliss-reactive ketones (excluding diaryl/α,β-unsaturated/α-hetero) is 2. The smallest absolute Gasteiger partial charge is 0.346 e. The fourth-order valence-electron chi connectivity index (χ4n) is 6.11. The first-order valence-corrected chi connectivity index (χ1v) is 18.4. The van der Waals surface area contributed by atoms with E-state index in [1.165, 1.54) is 109 Å². The number of hydrogen-bond donors (Lipinski definition) is 3. The average molecular weight is 611 g/mol. The lowest BCUT2D eigenvalue weighted by molar-refractivity contribution is -0.180. The Kier molecular flexibility index (Phi) is 27.4. The van der Waals surface area contributed by atoms with Crippen molar-refractivity contribution in [1.82, 2.24) is 0 Å². The molecule has 43 heavy (non-hydrogen) atoms. The molecule has 3 unspecified atom stereocenters. The van der Waals surface area contributed by atoms with Gasteiger partial charge in [0.05, 0.1) is 0 Å². The number of carboxylic acid groups (broad SMARTS) is 1. The minimum Gasteiger partial charge on any atom is -0.479 e. The van der Waals surface area contributed by atoms with Crippen LogP contribution in [0.1, 0.15) is 201 Å². The lowest BCUT2D eigenvalue weighted by Crippen LogP contribution is -2.58. The summed E-state index contributed by atoms with van der Waals surface area (Å²) in [5.74, 6) is -3.12. The Bertz CT molecular complexity index is 693. The summed E-state index contributed by atoms with van der Waals surface area (Å²) in [5, 5.41) is 30.8. The summed E-state index contributed by atoms with van der Waals surface area (Å²) < 4.78 is 0. The molecule has 0 spiro atoms. The highest BCUT2D eigenvalue weighted by Gasteiger charge is 2.52. The Hall–Kier alpha value is -1.27. The molecule has 6 heteroatoms. The van der Waals surface area contributed by atoms with Gasteiger partial charge in [0.1, 0.15) is 0 Å². The lowest BCUT2D eigenvalue weighted by Gasteiger charge is -2.26. The SMILES string of the molecule is CCCCCCCCCCCCCCCC(=O)C(O)C(O)(C(=O)O)C(=O)CCCC(CC)CCCCCCCCCCC. The fourth-order valence-corrected chi connectivity index (χ4v) is 6.11. The lowest BCUT2D eigenvalue weighted by atomic mass is 9.84. The second-order valence-electron chi connectivity index (χ2n) is 13.1. The summed E-state index contributed by atoms with van der Waals surface area (Å²) in [5.41, 5.74) is -3.06. The molecule has 6 nitrogen and oxygen atoms in total. The molecule has 0 aromatic heterocycles. The highest BCUT2D eigenvalue weighted by atomic mass is 16.4. The predicted octanol–water partition coefficient (Wildman–Crippen LogP) is 9.90. The summed E-state index contributed by atoms with van der Waals surface area (Å²) in [4.78, 5) is 37.2. The van der Waals surface area contributed by atoms with Crippen molar-refractivity contribution < 1.29 is 29.7 Å². The van der Waals surface area contributed by atoms with Crippen LogP contribution in [0.4, 0.5) is 0 Å². The van der Waals surface area contributed by atoms with Gasteiger partial charge in [-0.2, -0.15) is 0 Å². The monoisotopic (exact) mass is 611 g/mol. The molecule has 0 rings (SSSR count). The zero-order valence-electron chi connectivity index (χ0n) is 28.5. The Morgan fingerprint density at radius 2 is 0.907 bits per heavy atom. The van der Waals surface area contributed by atoms with Gasteiger partial charge in [-0.1, -0.05) is 175 Å². The molecule has 0 radical (unpaired) electrons. The number of carboxylic acids is 1. The molecule has 3 atom stereocenters. The number of rotatable bonds is 33. The van der Waals surface area contributed by atoms with Gasteiger partial charge in [0.25, 0.3) is 5.60 Å². The van der Waals surface area contributed by atoms with Gasteiger partial charge in [0.15, 0.2) is 17.7 Å². The fraction of sp³-hybridized carbons (Fsp3) is 0.919. The van der Waals surface area contributed by atoms with Gasteiger partial charge in [0, 0.05) is 12.8 Å². The molecular weight excluding hydrogens is 540 g/mol. The highest BCUT2D eigenvalue weighted by molar-refractivity contribution is 6.11. The van der Waals surface area contributed by atoms with Crippen molar-refractivity contribution in [3.05, 3.63) is 0 Å². The van der Waals surface area contributed by atoms with E-state index in [9.17, 15) is 29.7 Å². The van der Waals surface area contributed by atoms with Crippen LogP contribution in [0.3, 0.4) is 0 Å². The minimum atomic E-state index is -3.06. The van der Waals surface area contributed by atoms with Gasteiger partial charge in [-0.05, 0) is 18.8 Å². The largest absolute Gasteiger partial charge is 0.479 e. The second-order valence-corrected chi connectivity index (χ2v) is 13.1. The predicted molar refractivity (Wildman–Crippen MR) is 178 cm³/mol. The molecule has 0 saturated heterocycles. The number of ketones is 2. The standard InChI is InChI=1S/C37H70O6/c1-4-7-9-11-13-15-16-17-18-20-22-24-26-30-33(38)35(40)37(43,36(41)42)34(39)31-27-29-32(6-3)28-25-23-21-19-14-12-10-8-5-2/h32,35,40,43H,4-31H2,1-3H3,(H,41,42). The van der Waals surface area contributed by atoms with Crippen molar-refractivity contribution in [3.8, 4) is 0 Å². The maximum atomic E-state index is 12.8. The van der Waals surface area contributed by atoms with Crippen LogP contribution in [0, 0.1) is 5.92 Å². The summed E-state index contributed by atoms with van der Waals surface area (Å²) in [6, 6.07) is 0. The van der Waals surface area contributed by atoms with Crippen molar-refractivity contribution in [3.63, 3.8) is 0 Å². The molecule has 0 saturated carbocycles. The van der Waals surface area contributed by atoms with Crippen LogP contribution in [0.2, 0.25) is 0 Å². The Morgan fingerprint density at radius 3 is 1.30 bits per heavy atom. The number of aliphatic hydroxyl groups is 2. The average Bonchev–Trinajstić information content (AvgIpc) is 3.00. The van der Waals surface area contributed by atoms with Crippen LogP contribution in [0.15, 0.2) is 0 Å². The van der Waals surface area contributed by atoms with Crippen LogP contribution in [-0.2, 0) is 14.4 Å². The van der Waals surface area contributed by atoms with E-state index in [0.717, 1.165) is 44.9 Å². The number of aliphatic carboxylic acids is 1. The first-order valence-electron chi connectivity index (χ1n) is 18.4.